The second-order valence-corrected chi connectivity index (χ2v) is 6.24. The number of benzene rings is 2. The van der Waals surface area contributed by atoms with E-state index in [0.717, 1.165) is 28.5 Å². The Labute approximate surface area is 140 Å². The number of aromatic hydroxyl groups is 1. The molecule has 5 heteroatoms. The Morgan fingerprint density at radius 3 is 2.83 bits per heavy atom. The molecule has 1 N–H and O–H groups in total. The average molecular weight is 324 g/mol. The third-order valence-electron chi connectivity index (χ3n) is 3.74. The average Bonchev–Trinajstić information content (AvgIpc) is 2.96. The first-order valence-electron chi connectivity index (χ1n) is 7.92. The third-order valence-corrected chi connectivity index (χ3v) is 3.74. The van der Waals surface area contributed by atoms with Gasteiger partial charge < -0.3 is 9.84 Å². The van der Waals surface area contributed by atoms with Crippen LogP contribution in [0.5, 0.6) is 11.5 Å². The lowest BCUT2D eigenvalue weighted by atomic mass is 10.1. The van der Waals surface area contributed by atoms with Gasteiger partial charge in [-0.25, -0.2) is 0 Å². The van der Waals surface area contributed by atoms with E-state index in [9.17, 15) is 9.90 Å². The van der Waals surface area contributed by atoms with Crippen molar-refractivity contribution in [3.05, 3.63) is 53.7 Å². The molecule has 0 spiro atoms. The highest BCUT2D eigenvalue weighted by Crippen LogP contribution is 2.26. The molecule has 0 amide bonds. The van der Waals surface area contributed by atoms with Crippen LogP contribution >= 0.6 is 0 Å². The van der Waals surface area contributed by atoms with Crippen molar-refractivity contribution in [1.82, 2.24) is 9.78 Å². The lowest BCUT2D eigenvalue weighted by Gasteiger charge is -2.14. The number of nitrogens with zero attached hydrogens (tertiary/aromatic N) is 2. The van der Waals surface area contributed by atoms with Gasteiger partial charge in [0, 0.05) is 16.5 Å². The number of phenolic OH excluding ortho intramolecular Hbond substituents is 1. The number of carbonyl (C=O) groups is 1. The zero-order valence-electron chi connectivity index (χ0n) is 13.8. The number of hydrogen-bond donors (Lipinski definition) is 1. The Balaban J connectivity index is 1.93. The fraction of sp³-hybridized carbons (Fsp3) is 0.263. The van der Waals surface area contributed by atoms with Crippen LogP contribution in [-0.4, -0.2) is 27.8 Å². The van der Waals surface area contributed by atoms with Gasteiger partial charge in [0.15, 0.2) is 0 Å². The van der Waals surface area contributed by atoms with Gasteiger partial charge in [-0.2, -0.15) is 5.10 Å². The molecule has 3 rings (SSSR count). The SMILES string of the molecule is CC(C)COc1ccc(O)cc1Cn1ncc2cc(C=O)ccc21. The van der Waals surface area contributed by atoms with Gasteiger partial charge in [0.1, 0.15) is 17.8 Å². The molecule has 3 aromatic rings. The number of ether oxygens (including phenoxy) is 1. The van der Waals surface area contributed by atoms with Crippen LogP contribution in [0.15, 0.2) is 42.6 Å². The molecule has 0 atom stereocenters. The smallest absolute Gasteiger partial charge is 0.150 e. The molecule has 0 saturated heterocycles. The summed E-state index contributed by atoms with van der Waals surface area (Å²) >= 11 is 0. The van der Waals surface area contributed by atoms with Gasteiger partial charge in [0.25, 0.3) is 0 Å². The molecule has 0 bridgehead atoms. The fourth-order valence-corrected chi connectivity index (χ4v) is 2.55. The molecular weight excluding hydrogens is 304 g/mol. The van der Waals surface area contributed by atoms with Gasteiger partial charge in [0.05, 0.1) is 24.9 Å². The van der Waals surface area contributed by atoms with Gasteiger partial charge in [-0.05, 0) is 42.3 Å². The fourth-order valence-electron chi connectivity index (χ4n) is 2.55. The molecule has 1 heterocycles. The monoisotopic (exact) mass is 324 g/mol. The minimum Gasteiger partial charge on any atom is -0.508 e. The quantitative estimate of drug-likeness (QED) is 0.703. The number of fused-ring (bicyclic) bond motifs is 1. The zero-order chi connectivity index (χ0) is 17.1. The second kappa shape index (κ2) is 6.74. The molecule has 0 fully saturated rings. The molecule has 0 aliphatic rings. The van der Waals surface area contributed by atoms with E-state index in [1.165, 1.54) is 0 Å². The van der Waals surface area contributed by atoms with Crippen molar-refractivity contribution in [3.8, 4) is 11.5 Å². The summed E-state index contributed by atoms with van der Waals surface area (Å²) in [4.78, 5) is 10.9. The highest BCUT2D eigenvalue weighted by molar-refractivity contribution is 5.86. The Hall–Kier alpha value is -2.82. The first kappa shape index (κ1) is 16.1. The number of aromatic nitrogens is 2. The van der Waals surface area contributed by atoms with E-state index in [-0.39, 0.29) is 5.75 Å². The van der Waals surface area contributed by atoms with Crippen molar-refractivity contribution >= 4 is 17.2 Å². The van der Waals surface area contributed by atoms with Gasteiger partial charge >= 0.3 is 0 Å². The number of carbonyl (C=O) groups excluding carboxylic acids is 1. The highest BCUT2D eigenvalue weighted by atomic mass is 16.5. The minimum absolute atomic E-state index is 0.196. The predicted octanol–water partition coefficient (Wildman–Crippen LogP) is 3.64. The number of hydrogen-bond acceptors (Lipinski definition) is 4. The summed E-state index contributed by atoms with van der Waals surface area (Å²) in [6.07, 6.45) is 2.56. The Kier molecular flexibility index (Phi) is 4.51. The van der Waals surface area contributed by atoms with E-state index in [1.807, 2.05) is 16.8 Å². The summed E-state index contributed by atoms with van der Waals surface area (Å²) in [6.45, 7) is 5.27. The van der Waals surface area contributed by atoms with Crippen LogP contribution in [0.4, 0.5) is 0 Å². The van der Waals surface area contributed by atoms with E-state index < -0.39 is 0 Å². The van der Waals surface area contributed by atoms with E-state index in [0.29, 0.717) is 24.6 Å². The summed E-state index contributed by atoms with van der Waals surface area (Å²) in [5.74, 6) is 1.36. The van der Waals surface area contributed by atoms with Gasteiger partial charge in [-0.15, -0.1) is 0 Å². The summed E-state index contributed by atoms with van der Waals surface area (Å²) < 4.78 is 7.69. The molecule has 124 valence electrons. The van der Waals surface area contributed by atoms with E-state index >= 15 is 0 Å². The van der Waals surface area contributed by atoms with Crippen molar-refractivity contribution in [2.24, 2.45) is 5.92 Å². The van der Waals surface area contributed by atoms with Crippen molar-refractivity contribution in [2.45, 2.75) is 20.4 Å². The largest absolute Gasteiger partial charge is 0.508 e. The zero-order valence-corrected chi connectivity index (χ0v) is 13.8. The minimum atomic E-state index is 0.196. The van der Waals surface area contributed by atoms with Crippen LogP contribution < -0.4 is 4.74 Å². The molecule has 0 unspecified atom stereocenters. The molecule has 1 aromatic heterocycles. The Bertz CT molecular complexity index is 868. The first-order valence-corrected chi connectivity index (χ1v) is 7.92. The number of rotatable bonds is 6. The molecule has 0 saturated carbocycles. The summed E-state index contributed by atoms with van der Waals surface area (Å²) in [5.41, 5.74) is 2.42. The lowest BCUT2D eigenvalue weighted by molar-refractivity contribution is 0.112. The van der Waals surface area contributed by atoms with Crippen LogP contribution in [0, 0.1) is 5.92 Å². The van der Waals surface area contributed by atoms with E-state index in [4.69, 9.17) is 4.74 Å². The molecule has 24 heavy (non-hydrogen) atoms. The van der Waals surface area contributed by atoms with E-state index in [2.05, 4.69) is 18.9 Å². The Morgan fingerprint density at radius 2 is 2.08 bits per heavy atom. The van der Waals surface area contributed by atoms with Crippen molar-refractivity contribution in [1.29, 1.82) is 0 Å². The van der Waals surface area contributed by atoms with Gasteiger partial charge in [-0.3, -0.25) is 9.48 Å². The maximum Gasteiger partial charge on any atom is 0.150 e. The first-order chi connectivity index (χ1) is 11.6. The second-order valence-electron chi connectivity index (χ2n) is 6.24. The van der Waals surface area contributed by atoms with Crippen LogP contribution in [0.3, 0.4) is 0 Å². The molecule has 5 nitrogen and oxygen atoms in total. The normalized spacial score (nSPS) is 11.1. The van der Waals surface area contributed by atoms with E-state index in [1.54, 1.807) is 30.5 Å². The van der Waals surface area contributed by atoms with Crippen molar-refractivity contribution in [3.63, 3.8) is 0 Å². The van der Waals surface area contributed by atoms with Crippen LogP contribution in [0.1, 0.15) is 29.8 Å². The predicted molar refractivity (Wildman–Crippen MR) is 92.7 cm³/mol. The maximum absolute atomic E-state index is 10.9. The highest BCUT2D eigenvalue weighted by Gasteiger charge is 2.10. The van der Waals surface area contributed by atoms with Gasteiger partial charge in [-0.1, -0.05) is 13.8 Å². The maximum atomic E-state index is 10.9. The number of aldehydes is 1. The van der Waals surface area contributed by atoms with Crippen LogP contribution in [0.2, 0.25) is 0 Å². The van der Waals surface area contributed by atoms with Crippen molar-refractivity contribution in [2.75, 3.05) is 6.61 Å². The third kappa shape index (κ3) is 3.40. The summed E-state index contributed by atoms with van der Waals surface area (Å²) in [6, 6.07) is 10.6. The summed E-state index contributed by atoms with van der Waals surface area (Å²) in [7, 11) is 0. The molecule has 0 aliphatic heterocycles. The topological polar surface area (TPSA) is 64.3 Å². The lowest BCUT2D eigenvalue weighted by Crippen LogP contribution is -2.08. The van der Waals surface area contributed by atoms with Crippen LogP contribution in [-0.2, 0) is 6.54 Å². The number of phenols is 1. The molecular formula is C19H20N2O3. The molecule has 2 aromatic carbocycles. The molecule has 0 aliphatic carbocycles. The van der Waals surface area contributed by atoms with Crippen molar-refractivity contribution < 1.29 is 14.6 Å². The van der Waals surface area contributed by atoms with Gasteiger partial charge in [0.2, 0.25) is 0 Å². The Morgan fingerprint density at radius 1 is 1.25 bits per heavy atom. The summed E-state index contributed by atoms with van der Waals surface area (Å²) in [5, 5.41) is 15.1. The molecule has 0 radical (unpaired) electrons. The standard InChI is InChI=1S/C19H20N2O3/c1-13(2)12-24-19-6-4-17(23)8-16(19)10-21-18-5-3-14(11-22)7-15(18)9-20-21/h3-9,11,13,23H,10,12H2,1-2H3. The van der Waals surface area contributed by atoms with Crippen LogP contribution in [0.25, 0.3) is 10.9 Å².